The van der Waals surface area contributed by atoms with Crippen molar-refractivity contribution in [2.24, 2.45) is 0 Å². The molecule has 2 aliphatic heterocycles. The van der Waals surface area contributed by atoms with Crippen LogP contribution in [0.5, 0.6) is 11.5 Å². The van der Waals surface area contributed by atoms with Crippen LogP contribution in [-0.4, -0.2) is 57.4 Å². The maximum Gasteiger partial charge on any atom is 0.244 e. The van der Waals surface area contributed by atoms with Crippen molar-refractivity contribution in [1.29, 1.82) is 0 Å². The van der Waals surface area contributed by atoms with Gasteiger partial charge in [0, 0.05) is 36.3 Å². The molecule has 1 fully saturated rings. The number of hydrogen-bond acceptors (Lipinski definition) is 5. The van der Waals surface area contributed by atoms with Gasteiger partial charge in [0.2, 0.25) is 5.91 Å². The minimum atomic E-state index is -0.144. The summed E-state index contributed by atoms with van der Waals surface area (Å²) in [6.07, 6.45) is 5.33. The summed E-state index contributed by atoms with van der Waals surface area (Å²) in [6, 6.07) is 13.6. The van der Waals surface area contributed by atoms with Crippen LogP contribution in [-0.2, 0) is 9.53 Å². The van der Waals surface area contributed by atoms with Crippen LogP contribution in [0.1, 0.15) is 17.2 Å². The van der Waals surface area contributed by atoms with E-state index in [0.29, 0.717) is 31.4 Å². The summed E-state index contributed by atoms with van der Waals surface area (Å²) >= 11 is 6.07. The van der Waals surface area contributed by atoms with E-state index in [1.165, 1.54) is 0 Å². The molecule has 2 heterocycles. The molecule has 1 unspecified atom stereocenters. The van der Waals surface area contributed by atoms with Crippen LogP contribution < -0.4 is 14.8 Å². The topological polar surface area (TPSA) is 60.0 Å². The lowest BCUT2D eigenvalue weighted by Gasteiger charge is -2.34. The van der Waals surface area contributed by atoms with Crippen LogP contribution in [0.25, 0.3) is 6.08 Å². The monoisotopic (exact) mass is 454 g/mol. The number of hydrogen-bond donors (Lipinski definition) is 1. The van der Waals surface area contributed by atoms with Crippen molar-refractivity contribution in [2.75, 3.05) is 46.6 Å². The van der Waals surface area contributed by atoms with Gasteiger partial charge in [0.05, 0.1) is 26.4 Å². The van der Waals surface area contributed by atoms with E-state index in [9.17, 15) is 4.79 Å². The zero-order chi connectivity index (χ0) is 22.3. The fourth-order valence-corrected chi connectivity index (χ4v) is 4.05. The average Bonchev–Trinajstić information content (AvgIpc) is 2.83. The molecule has 1 amide bonds. The quantitative estimate of drug-likeness (QED) is 0.643. The highest BCUT2D eigenvalue weighted by Crippen LogP contribution is 2.29. The smallest absolute Gasteiger partial charge is 0.244 e. The minimum absolute atomic E-state index is 0.0633. The Kier molecular flexibility index (Phi) is 7.47. The first-order chi connectivity index (χ1) is 15.6. The summed E-state index contributed by atoms with van der Waals surface area (Å²) in [7, 11) is 1.65. The average molecular weight is 455 g/mol. The molecule has 1 atom stereocenters. The van der Waals surface area contributed by atoms with Crippen molar-refractivity contribution in [3.8, 4) is 11.5 Å². The van der Waals surface area contributed by atoms with Crippen molar-refractivity contribution in [3.63, 3.8) is 0 Å². The number of carbonyl (C=O) groups is 1. The number of benzene rings is 2. The van der Waals surface area contributed by atoms with E-state index < -0.39 is 0 Å². The molecule has 0 radical (unpaired) electrons. The number of nitrogens with zero attached hydrogens (tertiary/aromatic N) is 1. The van der Waals surface area contributed by atoms with Crippen LogP contribution in [0.15, 0.2) is 60.2 Å². The lowest BCUT2D eigenvalue weighted by Crippen LogP contribution is -2.43. The number of rotatable bonds is 7. The highest BCUT2D eigenvalue weighted by atomic mass is 35.5. The third-order valence-corrected chi connectivity index (χ3v) is 5.85. The molecule has 2 aromatic rings. The number of ether oxygens (including phenoxy) is 3. The summed E-state index contributed by atoms with van der Waals surface area (Å²) in [5.41, 5.74) is 2.96. The van der Waals surface area contributed by atoms with E-state index in [1.54, 1.807) is 25.3 Å². The van der Waals surface area contributed by atoms with Crippen molar-refractivity contribution < 1.29 is 19.0 Å². The third-order valence-electron chi connectivity index (χ3n) is 5.61. The van der Waals surface area contributed by atoms with Crippen molar-refractivity contribution >= 4 is 23.6 Å². The second kappa shape index (κ2) is 10.7. The molecule has 1 N–H and O–H groups in total. The van der Waals surface area contributed by atoms with Gasteiger partial charge in [-0.25, -0.2) is 0 Å². The van der Waals surface area contributed by atoms with Gasteiger partial charge in [0.15, 0.2) is 0 Å². The molecule has 0 aliphatic carbocycles. The van der Waals surface area contributed by atoms with E-state index >= 15 is 0 Å². The molecule has 0 spiro atoms. The second-order valence-electron chi connectivity index (χ2n) is 7.71. The molecular formula is C25H27ClN2O4. The summed E-state index contributed by atoms with van der Waals surface area (Å²) in [5, 5.41) is 3.70. The maximum absolute atomic E-state index is 12.6. The zero-order valence-electron chi connectivity index (χ0n) is 18.1. The molecule has 2 aromatic carbocycles. The lowest BCUT2D eigenvalue weighted by atomic mass is 10.0. The Bertz CT molecular complexity index is 998. The van der Waals surface area contributed by atoms with Crippen molar-refractivity contribution in [3.05, 3.63) is 76.3 Å². The fourth-order valence-electron chi connectivity index (χ4n) is 3.87. The Morgan fingerprint density at radius 3 is 2.75 bits per heavy atom. The normalized spacial score (nSPS) is 17.2. The predicted molar refractivity (Wildman–Crippen MR) is 125 cm³/mol. The molecule has 6 nitrogen and oxygen atoms in total. The van der Waals surface area contributed by atoms with Crippen molar-refractivity contribution in [1.82, 2.24) is 10.2 Å². The molecule has 1 saturated heterocycles. The number of halogens is 1. The van der Waals surface area contributed by atoms with Gasteiger partial charge in [-0.3, -0.25) is 9.69 Å². The first-order valence-corrected chi connectivity index (χ1v) is 11.0. The Labute approximate surface area is 193 Å². The molecule has 2 aliphatic rings. The van der Waals surface area contributed by atoms with Gasteiger partial charge >= 0.3 is 0 Å². The van der Waals surface area contributed by atoms with Crippen LogP contribution in [0.2, 0.25) is 5.02 Å². The van der Waals surface area contributed by atoms with E-state index in [2.05, 4.69) is 10.2 Å². The predicted octanol–water partition coefficient (Wildman–Crippen LogP) is 3.87. The van der Waals surface area contributed by atoms with E-state index in [1.807, 2.05) is 42.5 Å². The molecular weight excluding hydrogens is 428 g/mol. The van der Waals surface area contributed by atoms with Gasteiger partial charge in [0.25, 0.3) is 0 Å². The Balaban J connectivity index is 1.40. The van der Waals surface area contributed by atoms with Gasteiger partial charge in [0.1, 0.15) is 18.1 Å². The summed E-state index contributed by atoms with van der Waals surface area (Å²) < 4.78 is 16.5. The van der Waals surface area contributed by atoms with Gasteiger partial charge in [-0.2, -0.15) is 0 Å². The van der Waals surface area contributed by atoms with Gasteiger partial charge in [-0.15, -0.1) is 0 Å². The first-order valence-electron chi connectivity index (χ1n) is 10.7. The van der Waals surface area contributed by atoms with Gasteiger partial charge in [-0.1, -0.05) is 29.8 Å². The summed E-state index contributed by atoms with van der Waals surface area (Å²) in [6.45, 7) is 3.97. The highest BCUT2D eigenvalue weighted by Gasteiger charge is 2.23. The van der Waals surface area contributed by atoms with Gasteiger partial charge in [-0.05, 0) is 47.5 Å². The number of amides is 1. The highest BCUT2D eigenvalue weighted by molar-refractivity contribution is 6.30. The minimum Gasteiger partial charge on any atom is -0.497 e. The third kappa shape index (κ3) is 5.71. The zero-order valence-corrected chi connectivity index (χ0v) is 18.8. The largest absolute Gasteiger partial charge is 0.497 e. The molecule has 0 aromatic heterocycles. The maximum atomic E-state index is 12.6. The van der Waals surface area contributed by atoms with E-state index in [0.717, 1.165) is 41.3 Å². The summed E-state index contributed by atoms with van der Waals surface area (Å²) in [4.78, 5) is 14.9. The van der Waals surface area contributed by atoms with Crippen LogP contribution >= 0.6 is 11.6 Å². The molecule has 7 heteroatoms. The van der Waals surface area contributed by atoms with E-state index in [-0.39, 0.29) is 11.9 Å². The SMILES string of the molecule is COc1ccc(C(CNC(=O)/C=C/C2=Cc3cc(Cl)ccc3OC2)N2CCOCC2)cc1. The Morgan fingerprint density at radius 1 is 1.22 bits per heavy atom. The standard InChI is InChI=1S/C25H27ClN2O4/c1-30-22-6-3-19(4-7-22)23(28-10-12-31-13-11-28)16-27-25(29)9-2-18-14-20-15-21(26)5-8-24(20)32-17-18/h2-9,14-15,23H,10-13,16-17H2,1H3,(H,27,29)/b9-2+. The fraction of sp³-hybridized carbons (Fsp3) is 0.320. The number of morpholine rings is 1. The van der Waals surface area contributed by atoms with E-state index in [4.69, 9.17) is 25.8 Å². The van der Waals surface area contributed by atoms with Crippen LogP contribution in [0, 0.1) is 0 Å². The Morgan fingerprint density at radius 2 is 2.00 bits per heavy atom. The molecule has 0 bridgehead atoms. The molecule has 32 heavy (non-hydrogen) atoms. The molecule has 0 saturated carbocycles. The Hall–Kier alpha value is -2.80. The first kappa shape index (κ1) is 22.4. The number of carbonyl (C=O) groups excluding carboxylic acids is 1. The number of methoxy groups -OCH3 is 1. The number of nitrogens with one attached hydrogen (secondary N) is 1. The van der Waals surface area contributed by atoms with Crippen LogP contribution in [0.4, 0.5) is 0 Å². The van der Waals surface area contributed by atoms with Crippen molar-refractivity contribution in [2.45, 2.75) is 6.04 Å². The second-order valence-corrected chi connectivity index (χ2v) is 8.14. The summed E-state index contributed by atoms with van der Waals surface area (Å²) in [5.74, 6) is 1.46. The van der Waals surface area contributed by atoms with Gasteiger partial charge < -0.3 is 19.5 Å². The lowest BCUT2D eigenvalue weighted by molar-refractivity contribution is -0.116. The number of fused-ring (bicyclic) bond motifs is 1. The molecule has 4 rings (SSSR count). The van der Waals surface area contributed by atoms with Crippen LogP contribution in [0.3, 0.4) is 0 Å². The molecule has 168 valence electrons.